The Morgan fingerprint density at radius 3 is 2.22 bits per heavy atom. The maximum absolute atomic E-state index is 14.2. The van der Waals surface area contributed by atoms with Crippen molar-refractivity contribution < 1.29 is 33.0 Å². The largest absolute Gasteiger partial charge is 0.444 e. The van der Waals surface area contributed by atoms with Crippen LogP contribution in [0.3, 0.4) is 0 Å². The fourth-order valence-electron chi connectivity index (χ4n) is 5.18. The Kier molecular flexibility index (Phi) is 11.6. The van der Waals surface area contributed by atoms with Crippen molar-refractivity contribution in [1.29, 1.82) is 0 Å². The van der Waals surface area contributed by atoms with Crippen molar-refractivity contribution in [2.75, 3.05) is 11.4 Å². The summed E-state index contributed by atoms with van der Waals surface area (Å²) in [7, 11) is 0. The Morgan fingerprint density at radius 1 is 1.00 bits per heavy atom. The highest BCUT2D eigenvalue weighted by atomic mass is 19.3. The monoisotopic (exact) mass is 635 g/mol. The van der Waals surface area contributed by atoms with Crippen molar-refractivity contribution in [3.05, 3.63) is 35.3 Å². The summed E-state index contributed by atoms with van der Waals surface area (Å²) >= 11 is 0. The molecule has 0 saturated heterocycles. The maximum Gasteiger partial charge on any atom is 0.420 e. The van der Waals surface area contributed by atoms with Gasteiger partial charge in [0.15, 0.2) is 0 Å². The van der Waals surface area contributed by atoms with Gasteiger partial charge in [0.05, 0.1) is 23.0 Å². The van der Waals surface area contributed by atoms with E-state index in [0.717, 1.165) is 18.5 Å². The Labute approximate surface area is 265 Å². The van der Waals surface area contributed by atoms with E-state index in [0.29, 0.717) is 50.2 Å². The molecule has 0 unspecified atom stereocenters. The number of aryl methyl sites for hydroxylation is 1. The first-order valence-corrected chi connectivity index (χ1v) is 15.8. The highest BCUT2D eigenvalue weighted by molar-refractivity contribution is 5.95. The van der Waals surface area contributed by atoms with Crippen LogP contribution >= 0.6 is 0 Å². The number of aliphatic hydroxyl groups is 1. The van der Waals surface area contributed by atoms with Gasteiger partial charge >= 0.3 is 12.2 Å². The topological polar surface area (TPSA) is 119 Å². The Balaban J connectivity index is 1.93. The second-order valence-electron chi connectivity index (χ2n) is 14.8. The summed E-state index contributed by atoms with van der Waals surface area (Å²) in [5, 5.41) is 17.8. The summed E-state index contributed by atoms with van der Waals surface area (Å²) in [5.74, 6) is 0.399. The highest BCUT2D eigenvalue weighted by Crippen LogP contribution is 2.39. The Morgan fingerprint density at radius 2 is 1.67 bits per heavy atom. The van der Waals surface area contributed by atoms with E-state index in [1.165, 1.54) is 11.0 Å². The van der Waals surface area contributed by atoms with E-state index < -0.39 is 47.2 Å². The number of alkyl halides is 2. The van der Waals surface area contributed by atoms with E-state index in [4.69, 9.17) is 14.6 Å². The molecule has 2 aromatic heterocycles. The minimum atomic E-state index is -2.86. The van der Waals surface area contributed by atoms with E-state index in [2.05, 4.69) is 10.3 Å². The lowest BCUT2D eigenvalue weighted by Crippen LogP contribution is -2.37. The van der Waals surface area contributed by atoms with Gasteiger partial charge in [0.2, 0.25) is 0 Å². The van der Waals surface area contributed by atoms with Crippen LogP contribution in [0.5, 0.6) is 0 Å². The molecular weight excluding hydrogens is 584 g/mol. The number of unbranched alkanes of at least 4 members (excludes halogenated alkanes) is 2. The first kappa shape index (κ1) is 36.2. The number of nitrogens with zero attached hydrogens (tertiary/aromatic N) is 4. The number of nitrogens with one attached hydrogen (secondary N) is 1. The molecule has 0 radical (unpaired) electrons. The normalized spacial score (nSPS) is 17.4. The number of pyridine rings is 1. The zero-order valence-corrected chi connectivity index (χ0v) is 28.2. The van der Waals surface area contributed by atoms with Crippen LogP contribution < -0.4 is 10.2 Å². The van der Waals surface area contributed by atoms with Gasteiger partial charge in [0, 0.05) is 24.2 Å². The van der Waals surface area contributed by atoms with Crippen molar-refractivity contribution in [3.8, 4) is 0 Å². The quantitative estimate of drug-likeness (QED) is 0.255. The van der Waals surface area contributed by atoms with Crippen LogP contribution in [0, 0.1) is 0 Å². The maximum atomic E-state index is 14.2. The summed E-state index contributed by atoms with van der Waals surface area (Å²) < 4.78 is 41.1. The molecule has 252 valence electrons. The molecular formula is C33H51F2N5O5. The van der Waals surface area contributed by atoms with Gasteiger partial charge in [-0.2, -0.15) is 5.10 Å². The van der Waals surface area contributed by atoms with E-state index in [9.17, 15) is 23.5 Å². The van der Waals surface area contributed by atoms with E-state index in [1.807, 2.05) is 20.8 Å². The minimum Gasteiger partial charge on any atom is -0.444 e. The average Bonchev–Trinajstić information content (AvgIpc) is 3.50. The van der Waals surface area contributed by atoms with Crippen molar-refractivity contribution in [2.24, 2.45) is 0 Å². The second-order valence-corrected chi connectivity index (χ2v) is 14.8. The molecule has 1 fully saturated rings. The minimum absolute atomic E-state index is 0.0114. The number of ether oxygens (including phenoxy) is 2. The van der Waals surface area contributed by atoms with Gasteiger partial charge in [0.25, 0.3) is 6.43 Å². The second kappa shape index (κ2) is 14.4. The summed E-state index contributed by atoms with van der Waals surface area (Å²) in [6.45, 7) is 16.9. The Bertz CT molecular complexity index is 1310. The molecule has 2 aromatic rings. The smallest absolute Gasteiger partial charge is 0.420 e. The molecule has 12 heteroatoms. The van der Waals surface area contributed by atoms with Gasteiger partial charge < -0.3 is 19.9 Å². The number of rotatable bonds is 10. The number of hydrogen-bond acceptors (Lipinski definition) is 7. The molecule has 0 bridgehead atoms. The van der Waals surface area contributed by atoms with Crippen LogP contribution in [0.25, 0.3) is 0 Å². The number of alkyl carbamates (subject to hydrolysis) is 1. The van der Waals surface area contributed by atoms with Gasteiger partial charge in [0.1, 0.15) is 22.7 Å². The molecule has 1 aliphatic rings. The molecule has 0 aliphatic heterocycles. The lowest BCUT2D eigenvalue weighted by atomic mass is 10.0. The molecule has 2 amide bonds. The lowest BCUT2D eigenvalue weighted by molar-refractivity contribution is 0.0525. The molecule has 1 saturated carbocycles. The van der Waals surface area contributed by atoms with E-state index in [1.54, 1.807) is 58.4 Å². The van der Waals surface area contributed by atoms with Crippen molar-refractivity contribution in [1.82, 2.24) is 20.1 Å². The van der Waals surface area contributed by atoms with Gasteiger partial charge in [-0.25, -0.2) is 28.0 Å². The van der Waals surface area contributed by atoms with Crippen molar-refractivity contribution in [2.45, 2.75) is 142 Å². The number of aromatic nitrogens is 3. The van der Waals surface area contributed by atoms with Gasteiger partial charge in [-0.05, 0) is 113 Å². The molecule has 0 aromatic carbocycles. The van der Waals surface area contributed by atoms with Crippen molar-refractivity contribution in [3.63, 3.8) is 0 Å². The lowest BCUT2D eigenvalue weighted by Gasteiger charge is -2.31. The van der Waals surface area contributed by atoms with Crippen LogP contribution in [-0.2, 0) is 21.4 Å². The summed E-state index contributed by atoms with van der Waals surface area (Å²) in [5.41, 5.74) is -1.09. The molecule has 2 atom stereocenters. The van der Waals surface area contributed by atoms with Gasteiger partial charge in [-0.3, -0.25) is 4.98 Å². The third-order valence-corrected chi connectivity index (χ3v) is 7.12. The first-order chi connectivity index (χ1) is 20.7. The van der Waals surface area contributed by atoms with Gasteiger partial charge in [-0.1, -0.05) is 6.42 Å². The fraction of sp³-hybridized carbons (Fsp3) is 0.697. The number of hydrogen-bond donors (Lipinski definition) is 2. The molecule has 45 heavy (non-hydrogen) atoms. The molecule has 1 aliphatic carbocycles. The van der Waals surface area contributed by atoms with E-state index >= 15 is 0 Å². The third-order valence-electron chi connectivity index (χ3n) is 7.12. The van der Waals surface area contributed by atoms with Crippen LogP contribution in [0.15, 0.2) is 18.2 Å². The number of amides is 2. The zero-order valence-electron chi connectivity index (χ0n) is 28.2. The van der Waals surface area contributed by atoms with Crippen LogP contribution in [0.4, 0.5) is 29.9 Å². The summed E-state index contributed by atoms with van der Waals surface area (Å²) in [6, 6.07) is 4.67. The zero-order chi connectivity index (χ0) is 33.7. The SMILES string of the molecule is CC(C)(C)OC(=O)NCCCCCc1cc(N(C(=O)OC(C)(C)C)c2cc([C@H]3CC[C@@H](O)C3)nn2C(C)(C)C)cc(C(F)F)n1. The number of halogens is 2. The molecule has 3 rings (SSSR count). The fourth-order valence-corrected chi connectivity index (χ4v) is 5.18. The number of carbonyl (C=O) groups excluding carboxylic acids is 2. The summed E-state index contributed by atoms with van der Waals surface area (Å²) in [4.78, 5) is 31.2. The van der Waals surface area contributed by atoms with E-state index in [-0.39, 0.29) is 11.6 Å². The third kappa shape index (κ3) is 10.9. The van der Waals surface area contributed by atoms with Crippen molar-refractivity contribution >= 4 is 23.7 Å². The standard InChI is InChI=1S/C33H51F2N5O5/c1-31(2,3)40-27(20-25(38-40)21-14-15-24(41)17-21)39(30(43)45-33(7,8)9)23-18-22(37-26(19-23)28(34)35)13-11-10-12-16-36-29(42)44-32(4,5)6/h18-21,24,28,41H,10-17H2,1-9H3,(H,36,42)/t21-,24+/m0/s1. The molecule has 2 N–H and O–H groups in total. The predicted octanol–water partition coefficient (Wildman–Crippen LogP) is 7.91. The van der Waals surface area contributed by atoms with Gasteiger partial charge in [-0.15, -0.1) is 0 Å². The molecule has 10 nitrogen and oxygen atoms in total. The predicted molar refractivity (Wildman–Crippen MR) is 169 cm³/mol. The number of carbonyl (C=O) groups is 2. The van der Waals surface area contributed by atoms with Crippen LogP contribution in [0.2, 0.25) is 0 Å². The van der Waals surface area contributed by atoms with Crippen LogP contribution in [-0.4, -0.2) is 55.9 Å². The highest BCUT2D eigenvalue weighted by Gasteiger charge is 2.35. The number of aliphatic hydroxyl groups excluding tert-OH is 1. The number of anilines is 2. The molecule has 0 spiro atoms. The Hall–Kier alpha value is -3.28. The first-order valence-electron chi connectivity index (χ1n) is 15.8. The average molecular weight is 636 g/mol. The van der Waals surface area contributed by atoms with Crippen LogP contribution in [0.1, 0.15) is 130 Å². The molecule has 2 heterocycles. The summed E-state index contributed by atoms with van der Waals surface area (Å²) in [6.07, 6.45) is -0.0643.